The van der Waals surface area contributed by atoms with Gasteiger partial charge in [0.25, 0.3) is 0 Å². The van der Waals surface area contributed by atoms with Gasteiger partial charge in [0.2, 0.25) is 5.88 Å². The van der Waals surface area contributed by atoms with Crippen molar-refractivity contribution in [3.05, 3.63) is 47.7 Å². The predicted octanol–water partition coefficient (Wildman–Crippen LogP) is 3.30. The molecule has 20 heavy (non-hydrogen) atoms. The summed E-state index contributed by atoms with van der Waals surface area (Å²) in [5, 5.41) is 3.26. The first-order chi connectivity index (χ1) is 9.72. The van der Waals surface area contributed by atoms with Gasteiger partial charge in [-0.25, -0.2) is 4.98 Å². The van der Waals surface area contributed by atoms with Crippen LogP contribution < -0.4 is 14.8 Å². The molecule has 0 radical (unpaired) electrons. The van der Waals surface area contributed by atoms with Gasteiger partial charge in [0.05, 0.1) is 7.11 Å². The van der Waals surface area contributed by atoms with Crippen LogP contribution in [0.1, 0.15) is 18.1 Å². The summed E-state index contributed by atoms with van der Waals surface area (Å²) in [6, 6.07) is 9.69. The van der Waals surface area contributed by atoms with Crippen molar-refractivity contribution >= 4 is 0 Å². The molecule has 106 valence electrons. The summed E-state index contributed by atoms with van der Waals surface area (Å²) < 4.78 is 11.1. The molecule has 0 spiro atoms. The third-order valence-corrected chi connectivity index (χ3v) is 2.91. The molecule has 2 aromatic rings. The molecule has 0 atom stereocenters. The Morgan fingerprint density at radius 2 is 2.00 bits per heavy atom. The number of hydrogen-bond acceptors (Lipinski definition) is 4. The highest BCUT2D eigenvalue weighted by Gasteiger charge is 2.06. The van der Waals surface area contributed by atoms with Gasteiger partial charge in [-0.1, -0.05) is 19.1 Å². The number of nitrogens with zero attached hydrogens (tertiary/aromatic N) is 1. The van der Waals surface area contributed by atoms with Gasteiger partial charge in [-0.05, 0) is 36.7 Å². The van der Waals surface area contributed by atoms with Crippen molar-refractivity contribution in [3.8, 4) is 17.4 Å². The van der Waals surface area contributed by atoms with Crippen LogP contribution in [0.15, 0.2) is 36.5 Å². The molecule has 0 bridgehead atoms. The molecule has 4 heteroatoms. The molecular formula is C16H20N2O2. The second-order valence-electron chi connectivity index (χ2n) is 4.54. The highest BCUT2D eigenvalue weighted by molar-refractivity contribution is 5.44. The van der Waals surface area contributed by atoms with Gasteiger partial charge in [-0.15, -0.1) is 0 Å². The highest BCUT2D eigenvalue weighted by atomic mass is 16.5. The van der Waals surface area contributed by atoms with Crippen LogP contribution >= 0.6 is 0 Å². The van der Waals surface area contributed by atoms with Gasteiger partial charge < -0.3 is 14.8 Å². The molecule has 0 saturated carbocycles. The van der Waals surface area contributed by atoms with E-state index in [1.807, 2.05) is 43.5 Å². The van der Waals surface area contributed by atoms with E-state index in [1.54, 1.807) is 7.11 Å². The van der Waals surface area contributed by atoms with Crippen LogP contribution in [-0.2, 0) is 6.54 Å². The summed E-state index contributed by atoms with van der Waals surface area (Å²) in [6.45, 7) is 5.85. The SMILES string of the molecule is CCNCc1ccc(Oc2ccc(C)cc2OC)nc1. The van der Waals surface area contributed by atoms with E-state index in [-0.39, 0.29) is 0 Å². The van der Waals surface area contributed by atoms with E-state index >= 15 is 0 Å². The van der Waals surface area contributed by atoms with Gasteiger partial charge in [-0.3, -0.25) is 0 Å². The van der Waals surface area contributed by atoms with Gasteiger partial charge >= 0.3 is 0 Å². The molecule has 0 aliphatic heterocycles. The molecule has 1 aromatic heterocycles. The van der Waals surface area contributed by atoms with Crippen LogP contribution in [-0.4, -0.2) is 18.6 Å². The summed E-state index contributed by atoms with van der Waals surface area (Å²) in [5.74, 6) is 1.95. The topological polar surface area (TPSA) is 43.4 Å². The standard InChI is InChI=1S/C16H20N2O2/c1-4-17-10-13-6-8-16(18-11-13)20-14-7-5-12(2)9-15(14)19-3/h5-9,11,17H,4,10H2,1-3H3. The number of pyridine rings is 1. The maximum absolute atomic E-state index is 5.76. The first-order valence-corrected chi connectivity index (χ1v) is 6.71. The minimum atomic E-state index is 0.562. The average molecular weight is 272 g/mol. The minimum absolute atomic E-state index is 0.562. The van der Waals surface area contributed by atoms with E-state index in [9.17, 15) is 0 Å². The lowest BCUT2D eigenvalue weighted by Gasteiger charge is -2.10. The van der Waals surface area contributed by atoms with Gasteiger partial charge in [-0.2, -0.15) is 0 Å². The molecule has 4 nitrogen and oxygen atoms in total. The molecule has 0 aliphatic rings. The zero-order valence-corrected chi connectivity index (χ0v) is 12.1. The van der Waals surface area contributed by atoms with Gasteiger partial charge in [0, 0.05) is 18.8 Å². The molecule has 1 N–H and O–H groups in total. The van der Waals surface area contributed by atoms with E-state index in [1.165, 1.54) is 0 Å². The molecule has 1 heterocycles. The van der Waals surface area contributed by atoms with Crippen molar-refractivity contribution in [1.29, 1.82) is 0 Å². The molecule has 1 aromatic carbocycles. The Balaban J connectivity index is 2.10. The smallest absolute Gasteiger partial charge is 0.219 e. The second-order valence-corrected chi connectivity index (χ2v) is 4.54. The monoisotopic (exact) mass is 272 g/mol. The number of ether oxygens (including phenoxy) is 2. The fraction of sp³-hybridized carbons (Fsp3) is 0.312. The predicted molar refractivity (Wildman–Crippen MR) is 79.4 cm³/mol. The van der Waals surface area contributed by atoms with E-state index < -0.39 is 0 Å². The fourth-order valence-corrected chi connectivity index (χ4v) is 1.82. The molecule has 0 aliphatic carbocycles. The van der Waals surface area contributed by atoms with Crippen molar-refractivity contribution in [3.63, 3.8) is 0 Å². The number of hydrogen-bond donors (Lipinski definition) is 1. The van der Waals surface area contributed by atoms with Crippen molar-refractivity contribution in [2.45, 2.75) is 20.4 Å². The largest absolute Gasteiger partial charge is 0.493 e. The number of nitrogens with one attached hydrogen (secondary N) is 1. The number of aryl methyl sites for hydroxylation is 1. The van der Waals surface area contributed by atoms with Gasteiger partial charge in [0.15, 0.2) is 11.5 Å². The van der Waals surface area contributed by atoms with Crippen LogP contribution in [0, 0.1) is 6.92 Å². The first-order valence-electron chi connectivity index (χ1n) is 6.71. The Kier molecular flexibility index (Phi) is 4.96. The number of methoxy groups -OCH3 is 1. The van der Waals surface area contributed by atoms with Crippen molar-refractivity contribution < 1.29 is 9.47 Å². The van der Waals surface area contributed by atoms with Crippen LogP contribution in [0.4, 0.5) is 0 Å². The van der Waals surface area contributed by atoms with Gasteiger partial charge in [0.1, 0.15) is 0 Å². The normalized spacial score (nSPS) is 10.3. The van der Waals surface area contributed by atoms with Crippen molar-refractivity contribution in [2.24, 2.45) is 0 Å². The van der Waals surface area contributed by atoms with Crippen LogP contribution in [0.2, 0.25) is 0 Å². The van der Waals surface area contributed by atoms with E-state index in [4.69, 9.17) is 9.47 Å². The summed E-state index contributed by atoms with van der Waals surface area (Å²) in [5.41, 5.74) is 2.26. The van der Waals surface area contributed by atoms with Crippen molar-refractivity contribution in [2.75, 3.05) is 13.7 Å². The summed E-state index contributed by atoms with van der Waals surface area (Å²) in [7, 11) is 1.63. The summed E-state index contributed by atoms with van der Waals surface area (Å²) >= 11 is 0. The zero-order chi connectivity index (χ0) is 14.4. The highest BCUT2D eigenvalue weighted by Crippen LogP contribution is 2.31. The Hall–Kier alpha value is -2.07. The van der Waals surface area contributed by atoms with Crippen LogP contribution in [0.5, 0.6) is 17.4 Å². The van der Waals surface area contributed by atoms with E-state index in [0.29, 0.717) is 17.4 Å². The first kappa shape index (κ1) is 14.3. The van der Waals surface area contributed by atoms with E-state index in [2.05, 4.69) is 17.2 Å². The molecule has 2 rings (SSSR count). The second kappa shape index (κ2) is 6.91. The minimum Gasteiger partial charge on any atom is -0.493 e. The Bertz CT molecular complexity index is 553. The third-order valence-electron chi connectivity index (χ3n) is 2.91. The van der Waals surface area contributed by atoms with Crippen LogP contribution in [0.3, 0.4) is 0 Å². The summed E-state index contributed by atoms with van der Waals surface area (Å²) in [6.07, 6.45) is 1.82. The lowest BCUT2D eigenvalue weighted by molar-refractivity contribution is 0.374. The molecule has 0 saturated heterocycles. The number of benzene rings is 1. The van der Waals surface area contributed by atoms with Crippen molar-refractivity contribution in [1.82, 2.24) is 10.3 Å². The molecule has 0 fully saturated rings. The summed E-state index contributed by atoms with van der Waals surface area (Å²) in [4.78, 5) is 4.31. The lowest BCUT2D eigenvalue weighted by atomic mass is 10.2. The Morgan fingerprint density at radius 1 is 1.15 bits per heavy atom. The van der Waals surface area contributed by atoms with E-state index in [0.717, 1.165) is 24.2 Å². The average Bonchev–Trinajstić information content (AvgIpc) is 2.48. The molecule has 0 amide bonds. The van der Waals surface area contributed by atoms with Crippen LogP contribution in [0.25, 0.3) is 0 Å². The Labute approximate surface area is 119 Å². The lowest BCUT2D eigenvalue weighted by Crippen LogP contribution is -2.11. The zero-order valence-electron chi connectivity index (χ0n) is 12.1. The third kappa shape index (κ3) is 3.71. The molecule has 0 unspecified atom stereocenters. The molecular weight excluding hydrogens is 252 g/mol. The Morgan fingerprint density at radius 3 is 2.65 bits per heavy atom. The maximum Gasteiger partial charge on any atom is 0.219 e. The number of aromatic nitrogens is 1. The maximum atomic E-state index is 5.76. The number of rotatable bonds is 6. The fourth-order valence-electron chi connectivity index (χ4n) is 1.82. The quantitative estimate of drug-likeness (QED) is 0.876.